The van der Waals surface area contributed by atoms with Crippen molar-refractivity contribution in [1.29, 1.82) is 0 Å². The zero-order chi connectivity index (χ0) is 20.2. The summed E-state index contributed by atoms with van der Waals surface area (Å²) in [6, 6.07) is 33.7. The number of hydrogen-bond donors (Lipinski definition) is 1. The minimum atomic E-state index is 0.430. The smallest absolute Gasteiger partial charge is 0.0248 e. The highest BCUT2D eigenvalue weighted by molar-refractivity contribution is 5.35. The molecule has 2 unspecified atom stereocenters. The quantitative estimate of drug-likeness (QED) is 0.581. The Balaban J connectivity index is 1.43. The first-order valence-electron chi connectivity index (χ1n) is 11.5. The van der Waals surface area contributed by atoms with E-state index in [1.165, 1.54) is 42.6 Å². The fourth-order valence-electron chi connectivity index (χ4n) is 5.83. The minimum absolute atomic E-state index is 0.430. The van der Waals surface area contributed by atoms with Gasteiger partial charge in [-0.1, -0.05) is 91.0 Å². The van der Waals surface area contributed by atoms with Gasteiger partial charge in [0, 0.05) is 25.0 Å². The van der Waals surface area contributed by atoms with E-state index in [0.29, 0.717) is 17.9 Å². The Kier molecular flexibility index (Phi) is 5.96. The van der Waals surface area contributed by atoms with Gasteiger partial charge in [-0.05, 0) is 54.5 Å². The number of hydrogen-bond acceptors (Lipinski definition) is 2. The molecule has 0 amide bonds. The van der Waals surface area contributed by atoms with Gasteiger partial charge < -0.3 is 5.32 Å². The highest BCUT2D eigenvalue weighted by atomic mass is 15.2. The summed E-state index contributed by atoms with van der Waals surface area (Å²) in [7, 11) is 0. The molecule has 3 heterocycles. The molecule has 2 heteroatoms. The molecule has 0 spiro atoms. The van der Waals surface area contributed by atoms with Crippen LogP contribution < -0.4 is 5.32 Å². The van der Waals surface area contributed by atoms with Crippen LogP contribution in [0.4, 0.5) is 0 Å². The second-order valence-corrected chi connectivity index (χ2v) is 8.94. The third kappa shape index (κ3) is 4.08. The largest absolute Gasteiger partial charge is 0.312 e. The predicted molar refractivity (Wildman–Crippen MR) is 124 cm³/mol. The molecular weight excluding hydrogens is 364 g/mol. The van der Waals surface area contributed by atoms with E-state index in [1.54, 1.807) is 0 Å². The fraction of sp³-hybridized carbons (Fsp3) is 0.357. The van der Waals surface area contributed by atoms with Crippen molar-refractivity contribution in [2.24, 2.45) is 11.8 Å². The molecule has 1 N–H and O–H groups in total. The van der Waals surface area contributed by atoms with Crippen LogP contribution in [0, 0.1) is 11.8 Å². The first kappa shape index (κ1) is 19.5. The topological polar surface area (TPSA) is 15.3 Å². The van der Waals surface area contributed by atoms with Crippen LogP contribution in [-0.4, -0.2) is 30.6 Å². The van der Waals surface area contributed by atoms with Gasteiger partial charge in [0.25, 0.3) is 0 Å². The molecule has 0 aromatic heterocycles. The Bertz CT molecular complexity index is 862. The molecule has 3 aliphatic heterocycles. The van der Waals surface area contributed by atoms with Gasteiger partial charge in [0.1, 0.15) is 0 Å². The third-order valence-corrected chi connectivity index (χ3v) is 7.25. The van der Waals surface area contributed by atoms with Crippen LogP contribution >= 0.6 is 0 Å². The van der Waals surface area contributed by atoms with Crippen LogP contribution in [0.15, 0.2) is 91.0 Å². The molecule has 2 nitrogen and oxygen atoms in total. The number of rotatable bonds is 7. The molecule has 0 saturated carbocycles. The lowest BCUT2D eigenvalue weighted by Crippen LogP contribution is -2.59. The van der Waals surface area contributed by atoms with E-state index in [0.717, 1.165) is 19.0 Å². The van der Waals surface area contributed by atoms with E-state index in [4.69, 9.17) is 0 Å². The second-order valence-electron chi connectivity index (χ2n) is 8.94. The lowest BCUT2D eigenvalue weighted by atomic mass is 9.67. The van der Waals surface area contributed by atoms with Crippen molar-refractivity contribution < 1.29 is 0 Å². The van der Waals surface area contributed by atoms with Gasteiger partial charge in [0.15, 0.2) is 0 Å². The number of fused-ring (bicyclic) bond motifs is 3. The Morgan fingerprint density at radius 2 is 1.27 bits per heavy atom. The molecule has 6 rings (SSSR count). The number of nitrogens with zero attached hydrogens (tertiary/aromatic N) is 1. The third-order valence-electron chi connectivity index (χ3n) is 7.25. The van der Waals surface area contributed by atoms with Crippen LogP contribution in [0.5, 0.6) is 0 Å². The zero-order valence-electron chi connectivity index (χ0n) is 17.7. The molecule has 3 fully saturated rings. The standard InChI is InChI=1S/C28H32N2/c1-4-10-22(11-5-1)20-29-21-26-23-16-18-30(19-17-23)28(26)27(24-12-6-2-7-13-24)25-14-8-3-9-15-25/h1-15,23,26-29H,16-21H2. The number of piperidine rings is 3. The van der Waals surface area contributed by atoms with E-state index >= 15 is 0 Å². The van der Waals surface area contributed by atoms with Crippen molar-refractivity contribution in [3.05, 3.63) is 108 Å². The second kappa shape index (κ2) is 9.16. The summed E-state index contributed by atoms with van der Waals surface area (Å²) in [4.78, 5) is 2.79. The van der Waals surface area contributed by atoms with E-state index < -0.39 is 0 Å². The van der Waals surface area contributed by atoms with E-state index in [2.05, 4.69) is 101 Å². The highest BCUT2D eigenvalue weighted by Gasteiger charge is 2.45. The van der Waals surface area contributed by atoms with Crippen molar-refractivity contribution in [3.63, 3.8) is 0 Å². The number of benzene rings is 3. The molecule has 30 heavy (non-hydrogen) atoms. The maximum atomic E-state index is 3.82. The Labute approximate surface area is 180 Å². The van der Waals surface area contributed by atoms with E-state index in [-0.39, 0.29) is 0 Å². The molecule has 154 valence electrons. The van der Waals surface area contributed by atoms with Crippen molar-refractivity contribution in [1.82, 2.24) is 10.2 Å². The lowest BCUT2D eigenvalue weighted by Gasteiger charge is -2.54. The summed E-state index contributed by atoms with van der Waals surface area (Å²) >= 11 is 0. The monoisotopic (exact) mass is 396 g/mol. The van der Waals surface area contributed by atoms with Gasteiger partial charge in [-0.15, -0.1) is 0 Å². The summed E-state index contributed by atoms with van der Waals surface area (Å²) in [5.41, 5.74) is 4.28. The average molecular weight is 397 g/mol. The molecule has 3 saturated heterocycles. The van der Waals surface area contributed by atoms with Crippen LogP contribution in [0.1, 0.15) is 35.4 Å². The predicted octanol–water partition coefficient (Wildman–Crippen LogP) is 5.32. The molecule has 3 aromatic rings. The Morgan fingerprint density at radius 1 is 0.733 bits per heavy atom. The molecule has 0 aliphatic carbocycles. The van der Waals surface area contributed by atoms with Crippen molar-refractivity contribution >= 4 is 0 Å². The van der Waals surface area contributed by atoms with E-state index in [1.807, 2.05) is 0 Å². The molecule has 2 bridgehead atoms. The summed E-state index contributed by atoms with van der Waals surface area (Å²) in [5, 5.41) is 3.82. The number of nitrogens with one attached hydrogen (secondary N) is 1. The van der Waals surface area contributed by atoms with Crippen molar-refractivity contribution in [3.8, 4) is 0 Å². The van der Waals surface area contributed by atoms with Crippen molar-refractivity contribution in [2.45, 2.75) is 31.3 Å². The van der Waals surface area contributed by atoms with Gasteiger partial charge in [0.2, 0.25) is 0 Å². The Hall–Kier alpha value is -2.42. The fourth-order valence-corrected chi connectivity index (χ4v) is 5.83. The van der Waals surface area contributed by atoms with Gasteiger partial charge >= 0.3 is 0 Å². The van der Waals surface area contributed by atoms with Gasteiger partial charge in [0.05, 0.1) is 0 Å². The van der Waals surface area contributed by atoms with Crippen LogP contribution in [0.25, 0.3) is 0 Å². The van der Waals surface area contributed by atoms with Crippen molar-refractivity contribution in [2.75, 3.05) is 19.6 Å². The first-order chi connectivity index (χ1) is 14.9. The highest BCUT2D eigenvalue weighted by Crippen LogP contribution is 2.45. The van der Waals surface area contributed by atoms with Crippen LogP contribution in [0.3, 0.4) is 0 Å². The summed E-state index contributed by atoms with van der Waals surface area (Å²) in [5.74, 6) is 1.94. The molecule has 0 radical (unpaired) electrons. The van der Waals surface area contributed by atoms with Crippen LogP contribution in [0.2, 0.25) is 0 Å². The summed E-state index contributed by atoms with van der Waals surface area (Å²) < 4.78 is 0. The average Bonchev–Trinajstić information content (AvgIpc) is 2.83. The maximum absolute atomic E-state index is 3.82. The lowest BCUT2D eigenvalue weighted by molar-refractivity contribution is -0.0171. The summed E-state index contributed by atoms with van der Waals surface area (Å²) in [6.07, 6.45) is 2.70. The zero-order valence-corrected chi connectivity index (χ0v) is 17.7. The Morgan fingerprint density at radius 3 is 1.83 bits per heavy atom. The normalized spacial score (nSPS) is 25.5. The SMILES string of the molecule is c1ccc(CNCC2C3CCN(CC3)C2C(c2ccccc2)c2ccccc2)cc1. The minimum Gasteiger partial charge on any atom is -0.312 e. The first-order valence-corrected chi connectivity index (χ1v) is 11.5. The summed E-state index contributed by atoms with van der Waals surface area (Å²) in [6.45, 7) is 4.55. The van der Waals surface area contributed by atoms with Gasteiger partial charge in [-0.3, -0.25) is 4.90 Å². The van der Waals surface area contributed by atoms with Crippen LogP contribution in [-0.2, 0) is 6.54 Å². The maximum Gasteiger partial charge on any atom is 0.0248 e. The molecule has 2 atom stereocenters. The van der Waals surface area contributed by atoms with Gasteiger partial charge in [-0.2, -0.15) is 0 Å². The molecule has 3 aromatic carbocycles. The van der Waals surface area contributed by atoms with E-state index in [9.17, 15) is 0 Å². The molecular formula is C28H32N2. The molecule has 3 aliphatic rings. The van der Waals surface area contributed by atoms with Gasteiger partial charge in [-0.25, -0.2) is 0 Å².